The van der Waals surface area contributed by atoms with E-state index in [1.54, 1.807) is 6.08 Å². The van der Waals surface area contributed by atoms with E-state index in [9.17, 15) is 8.78 Å². The summed E-state index contributed by atoms with van der Waals surface area (Å²) in [6.07, 6.45) is 2.39. The van der Waals surface area contributed by atoms with Crippen LogP contribution < -0.4 is 5.73 Å². The second-order valence-electron chi connectivity index (χ2n) is 2.13. The Morgan fingerprint density at radius 2 is 2.10 bits per heavy atom. The highest BCUT2D eigenvalue weighted by atomic mass is 19.3. The maximum atomic E-state index is 11.7. The Hall–Kier alpha value is -0.440. The van der Waals surface area contributed by atoms with Crippen molar-refractivity contribution in [2.75, 3.05) is 0 Å². The monoisotopic (exact) mass is 149 g/mol. The van der Waals surface area contributed by atoms with Gasteiger partial charge >= 0.3 is 0 Å². The van der Waals surface area contributed by atoms with Gasteiger partial charge in [0.25, 0.3) is 6.43 Å². The van der Waals surface area contributed by atoms with Crippen LogP contribution in [0.4, 0.5) is 8.78 Å². The molecule has 0 bridgehead atoms. The number of nitrogens with two attached hydrogens (primary N) is 1. The zero-order valence-corrected chi connectivity index (χ0v) is 6.06. The molecule has 0 heterocycles. The van der Waals surface area contributed by atoms with Gasteiger partial charge in [0.1, 0.15) is 0 Å². The van der Waals surface area contributed by atoms with Crippen LogP contribution >= 0.6 is 0 Å². The second-order valence-corrected chi connectivity index (χ2v) is 2.13. The summed E-state index contributed by atoms with van der Waals surface area (Å²) in [5.41, 5.74) is 5.02. The number of rotatable bonds is 4. The first-order valence-corrected chi connectivity index (χ1v) is 3.39. The van der Waals surface area contributed by atoms with Gasteiger partial charge in [-0.3, -0.25) is 0 Å². The summed E-state index contributed by atoms with van der Waals surface area (Å²) < 4.78 is 23.4. The molecule has 60 valence electrons. The Morgan fingerprint density at radius 3 is 2.50 bits per heavy atom. The molecule has 0 aromatic heterocycles. The largest absolute Gasteiger partial charge is 0.320 e. The van der Waals surface area contributed by atoms with E-state index in [0.717, 1.165) is 12.8 Å². The zero-order chi connectivity index (χ0) is 7.98. The van der Waals surface area contributed by atoms with Crippen molar-refractivity contribution in [2.45, 2.75) is 32.2 Å². The maximum Gasteiger partial charge on any atom is 0.256 e. The zero-order valence-electron chi connectivity index (χ0n) is 6.06. The molecule has 0 spiro atoms. The van der Waals surface area contributed by atoms with Gasteiger partial charge in [0.05, 0.1) is 6.04 Å². The van der Waals surface area contributed by atoms with Crippen LogP contribution in [0.1, 0.15) is 19.8 Å². The van der Waals surface area contributed by atoms with Gasteiger partial charge in [0.2, 0.25) is 0 Å². The van der Waals surface area contributed by atoms with Crippen LogP contribution in [0, 0.1) is 0 Å². The lowest BCUT2D eigenvalue weighted by atomic mass is 10.2. The summed E-state index contributed by atoms with van der Waals surface area (Å²) in [4.78, 5) is 0. The average Bonchev–Trinajstić information content (AvgIpc) is 1.88. The second kappa shape index (κ2) is 5.35. The fourth-order valence-corrected chi connectivity index (χ4v) is 0.504. The minimum Gasteiger partial charge on any atom is -0.320 e. The Kier molecular flexibility index (Phi) is 5.12. The van der Waals surface area contributed by atoms with Crippen LogP contribution in [0.2, 0.25) is 0 Å². The van der Waals surface area contributed by atoms with Crippen LogP contribution in [0.5, 0.6) is 0 Å². The summed E-state index contributed by atoms with van der Waals surface area (Å²) in [6.45, 7) is 1.98. The van der Waals surface area contributed by atoms with Crippen LogP contribution in [0.15, 0.2) is 12.2 Å². The number of hydrogen-bond acceptors (Lipinski definition) is 1. The lowest BCUT2D eigenvalue weighted by molar-refractivity contribution is 0.133. The van der Waals surface area contributed by atoms with E-state index < -0.39 is 12.5 Å². The molecule has 0 aliphatic carbocycles. The van der Waals surface area contributed by atoms with Crippen molar-refractivity contribution in [1.29, 1.82) is 0 Å². The van der Waals surface area contributed by atoms with Gasteiger partial charge in [-0.25, -0.2) is 8.78 Å². The van der Waals surface area contributed by atoms with Crippen LogP contribution in [-0.4, -0.2) is 12.5 Å². The first-order valence-electron chi connectivity index (χ1n) is 3.39. The summed E-state index contributed by atoms with van der Waals surface area (Å²) in [6, 6.07) is -1.09. The number of hydrogen-bond donors (Lipinski definition) is 1. The molecule has 0 saturated heterocycles. The van der Waals surface area contributed by atoms with Crippen LogP contribution in [0.25, 0.3) is 0 Å². The molecule has 0 radical (unpaired) electrons. The molecule has 10 heavy (non-hydrogen) atoms. The van der Waals surface area contributed by atoms with Gasteiger partial charge in [-0.2, -0.15) is 0 Å². The van der Waals surface area contributed by atoms with Gasteiger partial charge in [0, 0.05) is 0 Å². The van der Waals surface area contributed by atoms with Crippen molar-refractivity contribution in [3.8, 4) is 0 Å². The fourth-order valence-electron chi connectivity index (χ4n) is 0.504. The molecular weight excluding hydrogens is 136 g/mol. The molecule has 0 aliphatic heterocycles. The van der Waals surface area contributed by atoms with Gasteiger partial charge < -0.3 is 5.73 Å². The molecule has 0 aromatic carbocycles. The molecular formula is C7H13F2N. The third-order valence-electron chi connectivity index (χ3n) is 1.10. The predicted octanol–water partition coefficient (Wildman–Crippen LogP) is 1.94. The van der Waals surface area contributed by atoms with Crippen molar-refractivity contribution in [3.63, 3.8) is 0 Å². The van der Waals surface area contributed by atoms with E-state index in [1.165, 1.54) is 6.08 Å². The van der Waals surface area contributed by atoms with E-state index in [2.05, 4.69) is 0 Å². The minimum atomic E-state index is -2.44. The lowest BCUT2D eigenvalue weighted by Gasteiger charge is -2.02. The van der Waals surface area contributed by atoms with Crippen LogP contribution in [0.3, 0.4) is 0 Å². The molecule has 1 atom stereocenters. The quantitative estimate of drug-likeness (QED) is 0.607. The molecule has 0 fully saturated rings. The Labute approximate surface area is 59.9 Å². The SMILES string of the molecule is CCC/C=C/C(N)C(F)F. The third kappa shape index (κ3) is 4.44. The van der Waals surface area contributed by atoms with E-state index in [-0.39, 0.29) is 0 Å². The Bertz CT molecular complexity index is 102. The Morgan fingerprint density at radius 1 is 1.50 bits per heavy atom. The molecule has 3 heteroatoms. The number of halogens is 2. The molecule has 2 N–H and O–H groups in total. The summed E-state index contributed by atoms with van der Waals surface area (Å²) in [5.74, 6) is 0. The minimum absolute atomic E-state index is 0.820. The topological polar surface area (TPSA) is 26.0 Å². The average molecular weight is 149 g/mol. The van der Waals surface area contributed by atoms with Crippen molar-refractivity contribution in [1.82, 2.24) is 0 Å². The van der Waals surface area contributed by atoms with Crippen molar-refractivity contribution in [2.24, 2.45) is 5.73 Å². The molecule has 0 aromatic rings. The fraction of sp³-hybridized carbons (Fsp3) is 0.714. The van der Waals surface area contributed by atoms with Gasteiger partial charge in [0.15, 0.2) is 0 Å². The van der Waals surface area contributed by atoms with Gasteiger partial charge in [-0.15, -0.1) is 0 Å². The first-order chi connectivity index (χ1) is 4.68. The number of unbranched alkanes of at least 4 members (excludes halogenated alkanes) is 1. The van der Waals surface area contributed by atoms with E-state index >= 15 is 0 Å². The molecule has 0 rings (SSSR count). The highest BCUT2D eigenvalue weighted by molar-refractivity contribution is 4.92. The molecule has 0 amide bonds. The highest BCUT2D eigenvalue weighted by Gasteiger charge is 2.09. The van der Waals surface area contributed by atoms with Crippen LogP contribution in [-0.2, 0) is 0 Å². The molecule has 0 aliphatic rings. The number of alkyl halides is 2. The number of allylic oxidation sites excluding steroid dienone is 1. The van der Waals surface area contributed by atoms with E-state index in [4.69, 9.17) is 5.73 Å². The van der Waals surface area contributed by atoms with Gasteiger partial charge in [-0.1, -0.05) is 25.5 Å². The highest BCUT2D eigenvalue weighted by Crippen LogP contribution is 2.00. The predicted molar refractivity (Wildman–Crippen MR) is 38.0 cm³/mol. The van der Waals surface area contributed by atoms with Crippen molar-refractivity contribution >= 4 is 0 Å². The standard InChI is InChI=1S/C7H13F2N/c1-2-3-4-5-6(10)7(8)9/h4-7H,2-3,10H2,1H3/b5-4+. The lowest BCUT2D eigenvalue weighted by Crippen LogP contribution is -2.25. The summed E-state index contributed by atoms with van der Waals surface area (Å²) in [7, 11) is 0. The first kappa shape index (κ1) is 9.56. The normalized spacial score (nSPS) is 14.9. The summed E-state index contributed by atoms with van der Waals surface area (Å²) >= 11 is 0. The van der Waals surface area contributed by atoms with E-state index in [0.29, 0.717) is 0 Å². The van der Waals surface area contributed by atoms with Crippen molar-refractivity contribution < 1.29 is 8.78 Å². The molecule has 1 unspecified atom stereocenters. The van der Waals surface area contributed by atoms with Crippen molar-refractivity contribution in [3.05, 3.63) is 12.2 Å². The van der Waals surface area contributed by atoms with E-state index in [1.807, 2.05) is 6.92 Å². The summed E-state index contributed by atoms with van der Waals surface area (Å²) in [5, 5.41) is 0. The smallest absolute Gasteiger partial charge is 0.256 e. The Balaban J connectivity index is 3.45. The molecule has 1 nitrogen and oxygen atoms in total. The van der Waals surface area contributed by atoms with Gasteiger partial charge in [-0.05, 0) is 6.42 Å². The third-order valence-corrected chi connectivity index (χ3v) is 1.10. The molecule has 0 saturated carbocycles. The maximum absolute atomic E-state index is 11.7.